The highest BCUT2D eigenvalue weighted by atomic mass is 35.5. The van der Waals surface area contributed by atoms with Crippen LogP contribution in [-0.4, -0.2) is 35.5 Å². The van der Waals surface area contributed by atoms with Gasteiger partial charge in [-0.05, 0) is 53.6 Å². The zero-order chi connectivity index (χ0) is 24.2. The van der Waals surface area contributed by atoms with Crippen molar-refractivity contribution in [3.8, 4) is 5.75 Å². The Labute approximate surface area is 201 Å². The molecule has 0 bridgehead atoms. The average molecular weight is 480 g/mol. The number of carbonyl (C=O) groups is 3. The second-order valence-electron chi connectivity index (χ2n) is 6.99. The van der Waals surface area contributed by atoms with Crippen molar-refractivity contribution < 1.29 is 19.1 Å². The molecule has 0 saturated carbocycles. The van der Waals surface area contributed by atoms with Crippen LogP contribution in [-0.2, 0) is 20.9 Å². The molecule has 0 atom stereocenters. The van der Waals surface area contributed by atoms with Crippen molar-refractivity contribution in [1.82, 2.24) is 15.7 Å². The normalized spacial score (nSPS) is 10.5. The summed E-state index contributed by atoms with van der Waals surface area (Å²) in [6.45, 7) is 0.108. The second kappa shape index (κ2) is 12.7. The fraction of sp³-hybridized carbons (Fsp3) is 0.125. The minimum atomic E-state index is -0.538. The number of nitrogens with zero attached hydrogens (tertiary/aromatic N) is 2. The van der Waals surface area contributed by atoms with Crippen LogP contribution in [0.1, 0.15) is 17.5 Å². The Morgan fingerprint density at radius 2 is 1.76 bits per heavy atom. The number of nitrogens with one attached hydrogen (secondary N) is 3. The predicted molar refractivity (Wildman–Crippen MR) is 128 cm³/mol. The largest absolute Gasteiger partial charge is 0.484 e. The Kier molecular flexibility index (Phi) is 9.12. The van der Waals surface area contributed by atoms with Gasteiger partial charge in [0.05, 0.1) is 16.9 Å². The lowest BCUT2D eigenvalue weighted by Crippen LogP contribution is -2.29. The molecule has 10 heteroatoms. The van der Waals surface area contributed by atoms with Crippen LogP contribution in [0.15, 0.2) is 78.2 Å². The van der Waals surface area contributed by atoms with Crippen molar-refractivity contribution in [3.05, 3.63) is 89.2 Å². The van der Waals surface area contributed by atoms with Crippen LogP contribution in [0, 0.1) is 0 Å². The van der Waals surface area contributed by atoms with E-state index in [-0.39, 0.29) is 18.9 Å². The summed E-state index contributed by atoms with van der Waals surface area (Å²) in [5.41, 5.74) is 4.34. The molecule has 0 aliphatic carbocycles. The number of hydrogen-bond donors (Lipinski definition) is 3. The fourth-order valence-corrected chi connectivity index (χ4v) is 2.86. The molecule has 0 spiro atoms. The molecule has 9 nitrogen and oxygen atoms in total. The minimum absolute atomic E-state index is 0.183. The SMILES string of the molecule is O=C(CC(=O)N/N=C/c1ccc(OCC(=O)Nc2ccccc2Cl)cc1)NCc1cccnc1. The summed E-state index contributed by atoms with van der Waals surface area (Å²) in [7, 11) is 0. The van der Waals surface area contributed by atoms with E-state index < -0.39 is 11.8 Å². The van der Waals surface area contributed by atoms with Crippen LogP contribution >= 0.6 is 11.6 Å². The van der Waals surface area contributed by atoms with Gasteiger partial charge in [0, 0.05) is 18.9 Å². The number of halogens is 1. The van der Waals surface area contributed by atoms with Gasteiger partial charge in [-0.1, -0.05) is 29.8 Å². The van der Waals surface area contributed by atoms with Gasteiger partial charge in [-0.3, -0.25) is 19.4 Å². The highest BCUT2D eigenvalue weighted by Crippen LogP contribution is 2.20. The van der Waals surface area contributed by atoms with Crippen molar-refractivity contribution in [2.24, 2.45) is 5.10 Å². The van der Waals surface area contributed by atoms with Crippen molar-refractivity contribution in [3.63, 3.8) is 0 Å². The van der Waals surface area contributed by atoms with E-state index in [0.29, 0.717) is 28.6 Å². The first-order valence-electron chi connectivity index (χ1n) is 10.2. The number of aromatic nitrogens is 1. The van der Waals surface area contributed by atoms with E-state index in [4.69, 9.17) is 16.3 Å². The number of benzene rings is 2. The summed E-state index contributed by atoms with van der Waals surface area (Å²) >= 11 is 6.01. The monoisotopic (exact) mass is 479 g/mol. The number of ether oxygens (including phenoxy) is 1. The van der Waals surface area contributed by atoms with Gasteiger partial charge in [-0.2, -0.15) is 5.10 Å². The highest BCUT2D eigenvalue weighted by Gasteiger charge is 2.09. The first kappa shape index (κ1) is 24.4. The van der Waals surface area contributed by atoms with Crippen LogP contribution in [0.4, 0.5) is 5.69 Å². The first-order chi connectivity index (χ1) is 16.5. The van der Waals surface area contributed by atoms with Gasteiger partial charge in [0.25, 0.3) is 5.91 Å². The molecule has 0 saturated heterocycles. The maximum atomic E-state index is 12.0. The van der Waals surface area contributed by atoms with Crippen molar-refractivity contribution in [2.75, 3.05) is 11.9 Å². The van der Waals surface area contributed by atoms with E-state index in [0.717, 1.165) is 5.56 Å². The lowest BCUT2D eigenvalue weighted by Gasteiger charge is -2.08. The Balaban J connectivity index is 1.36. The molecule has 0 unspecified atom stereocenters. The van der Waals surface area contributed by atoms with E-state index in [1.165, 1.54) is 6.21 Å². The van der Waals surface area contributed by atoms with E-state index in [1.54, 1.807) is 67.0 Å². The maximum Gasteiger partial charge on any atom is 0.262 e. The molecule has 0 aliphatic heterocycles. The number of hydrogen-bond acceptors (Lipinski definition) is 6. The van der Waals surface area contributed by atoms with Gasteiger partial charge in [0.2, 0.25) is 11.8 Å². The molecule has 1 aromatic heterocycles. The zero-order valence-corrected chi connectivity index (χ0v) is 18.8. The molecule has 0 radical (unpaired) electrons. The van der Waals surface area contributed by atoms with Gasteiger partial charge in [-0.15, -0.1) is 0 Å². The molecule has 0 fully saturated rings. The van der Waals surface area contributed by atoms with Crippen LogP contribution in [0.3, 0.4) is 0 Å². The summed E-state index contributed by atoms with van der Waals surface area (Å²) < 4.78 is 5.46. The quantitative estimate of drug-likeness (QED) is 0.234. The zero-order valence-electron chi connectivity index (χ0n) is 18.0. The molecule has 3 N–H and O–H groups in total. The highest BCUT2D eigenvalue weighted by molar-refractivity contribution is 6.33. The summed E-state index contributed by atoms with van der Waals surface area (Å²) in [5, 5.41) is 9.59. The van der Waals surface area contributed by atoms with Crippen molar-refractivity contribution in [2.45, 2.75) is 13.0 Å². The molecule has 3 rings (SSSR count). The van der Waals surface area contributed by atoms with Crippen molar-refractivity contribution >= 4 is 41.2 Å². The Morgan fingerprint density at radius 3 is 2.50 bits per heavy atom. The second-order valence-corrected chi connectivity index (χ2v) is 7.40. The smallest absolute Gasteiger partial charge is 0.262 e. The van der Waals surface area contributed by atoms with Crippen LogP contribution in [0.25, 0.3) is 0 Å². The Morgan fingerprint density at radius 1 is 0.971 bits per heavy atom. The van der Waals surface area contributed by atoms with Gasteiger partial charge >= 0.3 is 0 Å². The number of para-hydroxylation sites is 1. The summed E-state index contributed by atoms with van der Waals surface area (Å²) in [5.74, 6) is -0.812. The summed E-state index contributed by atoms with van der Waals surface area (Å²) in [4.78, 5) is 39.6. The average Bonchev–Trinajstić information content (AvgIpc) is 2.84. The fourth-order valence-electron chi connectivity index (χ4n) is 2.68. The van der Waals surface area contributed by atoms with E-state index >= 15 is 0 Å². The molecular formula is C24H22ClN5O4. The lowest BCUT2D eigenvalue weighted by atomic mass is 10.2. The van der Waals surface area contributed by atoms with Crippen molar-refractivity contribution in [1.29, 1.82) is 0 Å². The number of rotatable bonds is 10. The third kappa shape index (κ3) is 8.36. The molecule has 3 amide bonds. The number of hydrazone groups is 1. The topological polar surface area (TPSA) is 122 Å². The van der Waals surface area contributed by atoms with E-state index in [9.17, 15) is 14.4 Å². The van der Waals surface area contributed by atoms with Crippen LogP contribution in [0.5, 0.6) is 5.75 Å². The van der Waals surface area contributed by atoms with E-state index in [1.807, 2.05) is 6.07 Å². The standard InChI is InChI=1S/C24H22ClN5O4/c25-20-5-1-2-6-21(20)29-24(33)16-34-19-9-7-17(8-10-19)15-28-30-23(32)12-22(31)27-14-18-4-3-11-26-13-18/h1-11,13,15H,12,14,16H2,(H,27,31)(H,29,33)(H,30,32)/b28-15+. The molecule has 2 aromatic carbocycles. The number of amides is 3. The predicted octanol–water partition coefficient (Wildman–Crippen LogP) is 2.91. The number of anilines is 1. The molecule has 1 heterocycles. The van der Waals surface area contributed by atoms with Crippen LogP contribution in [0.2, 0.25) is 5.02 Å². The maximum absolute atomic E-state index is 12.0. The van der Waals surface area contributed by atoms with Gasteiger partial charge in [0.1, 0.15) is 12.2 Å². The summed E-state index contributed by atoms with van der Waals surface area (Å²) in [6.07, 6.45) is 4.36. The molecule has 34 heavy (non-hydrogen) atoms. The third-order valence-electron chi connectivity index (χ3n) is 4.33. The molecular weight excluding hydrogens is 458 g/mol. The minimum Gasteiger partial charge on any atom is -0.484 e. The third-order valence-corrected chi connectivity index (χ3v) is 4.66. The molecule has 174 valence electrons. The van der Waals surface area contributed by atoms with Crippen LogP contribution < -0.4 is 20.8 Å². The number of carbonyl (C=O) groups excluding carboxylic acids is 3. The van der Waals surface area contributed by atoms with Gasteiger partial charge in [-0.25, -0.2) is 5.43 Å². The lowest BCUT2D eigenvalue weighted by molar-refractivity contribution is -0.129. The van der Waals surface area contributed by atoms with Gasteiger partial charge < -0.3 is 15.4 Å². The van der Waals surface area contributed by atoms with Gasteiger partial charge in [0.15, 0.2) is 6.61 Å². The summed E-state index contributed by atoms with van der Waals surface area (Å²) in [6, 6.07) is 17.2. The Bertz CT molecular complexity index is 1150. The Hall–Kier alpha value is -4.24. The molecule has 0 aliphatic rings. The van der Waals surface area contributed by atoms with E-state index in [2.05, 4.69) is 26.1 Å². The molecule has 3 aromatic rings. The number of pyridine rings is 1. The first-order valence-corrected chi connectivity index (χ1v) is 10.6.